The molecule has 0 spiro atoms. The van der Waals surface area contributed by atoms with E-state index >= 15 is 0 Å². The third-order valence-electron chi connectivity index (χ3n) is 1.57. The van der Waals surface area contributed by atoms with Crippen LogP contribution >= 0.6 is 25.3 Å². The highest BCUT2D eigenvalue weighted by Gasteiger charge is 2.02. The minimum atomic E-state index is -0.188. The fraction of sp³-hybridized carbons (Fsp3) is 0.333. The maximum absolute atomic E-state index is 12.7. The second-order valence-corrected chi connectivity index (χ2v) is 3.77. The number of thiol groups is 2. The lowest BCUT2D eigenvalue weighted by molar-refractivity contribution is 0.625. The van der Waals surface area contributed by atoms with Gasteiger partial charge in [0.25, 0.3) is 0 Å². The van der Waals surface area contributed by atoms with Crippen LogP contribution in [0.4, 0.5) is 4.39 Å². The molecule has 66 valence electrons. The molecule has 0 aliphatic rings. The van der Waals surface area contributed by atoms with E-state index < -0.39 is 0 Å². The highest BCUT2D eigenvalue weighted by atomic mass is 32.1. The molecule has 0 nitrogen and oxygen atoms in total. The number of hydrogen-bond acceptors (Lipinski definition) is 2. The fourth-order valence-corrected chi connectivity index (χ4v) is 1.34. The number of benzene rings is 1. The quantitative estimate of drug-likeness (QED) is 0.692. The lowest BCUT2D eigenvalue weighted by Crippen LogP contribution is -2.04. The maximum atomic E-state index is 12.7. The van der Waals surface area contributed by atoms with Gasteiger partial charge in [-0.05, 0) is 24.1 Å². The smallest absolute Gasteiger partial charge is 0.123 e. The van der Waals surface area contributed by atoms with Crippen LogP contribution in [-0.2, 0) is 6.42 Å². The van der Waals surface area contributed by atoms with Gasteiger partial charge in [-0.3, -0.25) is 0 Å². The van der Waals surface area contributed by atoms with Gasteiger partial charge in [0.15, 0.2) is 0 Å². The first-order valence-electron chi connectivity index (χ1n) is 3.75. The number of rotatable bonds is 3. The third-order valence-corrected chi connectivity index (χ3v) is 2.67. The molecule has 0 aliphatic heterocycles. The van der Waals surface area contributed by atoms with Crippen LogP contribution in [-0.4, -0.2) is 11.0 Å². The van der Waals surface area contributed by atoms with Gasteiger partial charge in [-0.25, -0.2) is 4.39 Å². The molecule has 0 saturated carbocycles. The van der Waals surface area contributed by atoms with Gasteiger partial charge >= 0.3 is 0 Å². The van der Waals surface area contributed by atoms with Gasteiger partial charge in [-0.2, -0.15) is 25.3 Å². The van der Waals surface area contributed by atoms with Gasteiger partial charge in [-0.1, -0.05) is 12.1 Å². The van der Waals surface area contributed by atoms with Crippen molar-refractivity contribution in [1.29, 1.82) is 0 Å². The normalized spacial score (nSPS) is 12.9. The summed E-state index contributed by atoms with van der Waals surface area (Å²) in [4.78, 5) is 0. The standard InChI is InChI=1S/C9H11FS2/c10-8-3-1-2-7(4-8)5-9(12)6-11/h1-4,9,11-12H,5-6H2. The van der Waals surface area contributed by atoms with Gasteiger partial charge < -0.3 is 0 Å². The first-order chi connectivity index (χ1) is 5.72. The summed E-state index contributed by atoms with van der Waals surface area (Å²) < 4.78 is 12.7. The Morgan fingerprint density at radius 3 is 2.75 bits per heavy atom. The van der Waals surface area contributed by atoms with E-state index in [1.165, 1.54) is 12.1 Å². The predicted molar refractivity (Wildman–Crippen MR) is 56.7 cm³/mol. The minimum Gasteiger partial charge on any atom is -0.207 e. The van der Waals surface area contributed by atoms with Crippen LogP contribution in [0.2, 0.25) is 0 Å². The molecule has 0 fully saturated rings. The van der Waals surface area contributed by atoms with Gasteiger partial charge in [0.2, 0.25) is 0 Å². The Morgan fingerprint density at radius 1 is 1.42 bits per heavy atom. The molecule has 1 aromatic rings. The number of hydrogen-bond donors (Lipinski definition) is 2. The number of halogens is 1. The molecule has 0 bridgehead atoms. The molecule has 0 heterocycles. The van der Waals surface area contributed by atoms with Crippen LogP contribution in [0, 0.1) is 5.82 Å². The topological polar surface area (TPSA) is 0 Å². The van der Waals surface area contributed by atoms with Gasteiger partial charge in [0, 0.05) is 11.0 Å². The SMILES string of the molecule is Fc1cccc(CC(S)CS)c1. The fourth-order valence-electron chi connectivity index (χ4n) is 1.00. The minimum absolute atomic E-state index is 0.188. The molecule has 1 rings (SSSR count). The van der Waals surface area contributed by atoms with Crippen LogP contribution in [0.3, 0.4) is 0 Å². The molecule has 3 heteroatoms. The van der Waals surface area contributed by atoms with Gasteiger partial charge in [-0.15, -0.1) is 0 Å². The van der Waals surface area contributed by atoms with Crippen molar-refractivity contribution in [2.24, 2.45) is 0 Å². The van der Waals surface area contributed by atoms with Crippen molar-refractivity contribution in [1.82, 2.24) is 0 Å². The molecule has 0 radical (unpaired) electrons. The molecule has 0 aromatic heterocycles. The first-order valence-corrected chi connectivity index (χ1v) is 4.90. The molecular formula is C9H11FS2. The summed E-state index contributed by atoms with van der Waals surface area (Å²) in [5, 5.41) is 0.204. The highest BCUT2D eigenvalue weighted by Crippen LogP contribution is 2.10. The van der Waals surface area contributed by atoms with Crippen molar-refractivity contribution in [3.8, 4) is 0 Å². The van der Waals surface area contributed by atoms with Crippen LogP contribution < -0.4 is 0 Å². The van der Waals surface area contributed by atoms with Gasteiger partial charge in [0.05, 0.1) is 0 Å². The predicted octanol–water partition coefficient (Wildman–Crippen LogP) is 2.60. The van der Waals surface area contributed by atoms with E-state index in [9.17, 15) is 4.39 Å². The Bertz CT molecular complexity index is 250. The molecule has 0 N–H and O–H groups in total. The molecule has 1 aromatic carbocycles. The molecule has 1 atom stereocenters. The molecule has 0 aliphatic carbocycles. The molecule has 1 unspecified atom stereocenters. The van der Waals surface area contributed by atoms with E-state index in [1.807, 2.05) is 6.07 Å². The van der Waals surface area contributed by atoms with Crippen LogP contribution in [0.25, 0.3) is 0 Å². The summed E-state index contributed by atoms with van der Waals surface area (Å²) in [5.74, 6) is 0.520. The summed E-state index contributed by atoms with van der Waals surface area (Å²) in [6, 6.07) is 6.59. The monoisotopic (exact) mass is 202 g/mol. The largest absolute Gasteiger partial charge is 0.207 e. The van der Waals surface area contributed by atoms with Crippen molar-refractivity contribution in [3.05, 3.63) is 35.6 Å². The van der Waals surface area contributed by atoms with Crippen LogP contribution in [0.1, 0.15) is 5.56 Å². The molecule has 12 heavy (non-hydrogen) atoms. The van der Waals surface area contributed by atoms with Crippen molar-refractivity contribution in [2.75, 3.05) is 5.75 Å². The zero-order valence-electron chi connectivity index (χ0n) is 6.57. The van der Waals surface area contributed by atoms with E-state index in [-0.39, 0.29) is 11.1 Å². The Labute approximate surface area is 83.0 Å². The Kier molecular flexibility index (Phi) is 3.95. The third kappa shape index (κ3) is 3.07. The Balaban J connectivity index is 2.63. The van der Waals surface area contributed by atoms with Crippen LogP contribution in [0.5, 0.6) is 0 Å². The summed E-state index contributed by atoms with van der Waals surface area (Å²) in [6.07, 6.45) is 0.768. The van der Waals surface area contributed by atoms with Crippen molar-refractivity contribution in [2.45, 2.75) is 11.7 Å². The van der Waals surface area contributed by atoms with Crippen molar-refractivity contribution in [3.63, 3.8) is 0 Å². The zero-order valence-corrected chi connectivity index (χ0v) is 8.36. The van der Waals surface area contributed by atoms with Gasteiger partial charge in [0.1, 0.15) is 5.82 Å². The van der Waals surface area contributed by atoms with E-state index in [0.29, 0.717) is 5.75 Å². The Morgan fingerprint density at radius 2 is 2.17 bits per heavy atom. The first kappa shape index (κ1) is 9.93. The van der Waals surface area contributed by atoms with Crippen LogP contribution in [0.15, 0.2) is 24.3 Å². The van der Waals surface area contributed by atoms with E-state index in [2.05, 4.69) is 25.3 Å². The second-order valence-electron chi connectivity index (χ2n) is 2.67. The lowest BCUT2D eigenvalue weighted by atomic mass is 10.1. The molecule has 0 saturated heterocycles. The van der Waals surface area contributed by atoms with E-state index in [1.54, 1.807) is 6.07 Å². The molecular weight excluding hydrogens is 191 g/mol. The summed E-state index contributed by atoms with van der Waals surface area (Å²) in [7, 11) is 0. The lowest BCUT2D eigenvalue weighted by Gasteiger charge is -2.06. The van der Waals surface area contributed by atoms with Crippen molar-refractivity contribution >= 4 is 25.3 Å². The maximum Gasteiger partial charge on any atom is 0.123 e. The average Bonchev–Trinajstić information content (AvgIpc) is 2.04. The van der Waals surface area contributed by atoms with E-state index in [0.717, 1.165) is 12.0 Å². The van der Waals surface area contributed by atoms with Crippen molar-refractivity contribution < 1.29 is 4.39 Å². The second kappa shape index (κ2) is 4.77. The summed E-state index contributed by atoms with van der Waals surface area (Å²) in [5.41, 5.74) is 0.976. The van der Waals surface area contributed by atoms with E-state index in [4.69, 9.17) is 0 Å². The Hall–Kier alpha value is -0.150. The molecule has 0 amide bonds. The summed E-state index contributed by atoms with van der Waals surface area (Å²) >= 11 is 8.38. The highest BCUT2D eigenvalue weighted by molar-refractivity contribution is 7.84. The average molecular weight is 202 g/mol. The zero-order chi connectivity index (χ0) is 8.97. The summed E-state index contributed by atoms with van der Waals surface area (Å²) in [6.45, 7) is 0.